The molecule has 1 aromatic heterocycles. The topological polar surface area (TPSA) is 49.3 Å². The van der Waals surface area contributed by atoms with Crippen molar-refractivity contribution in [3.05, 3.63) is 77.5 Å². The Labute approximate surface area is 184 Å². The molecule has 31 heavy (non-hydrogen) atoms. The first kappa shape index (κ1) is 21.0. The van der Waals surface area contributed by atoms with Gasteiger partial charge < -0.3 is 9.80 Å². The van der Waals surface area contributed by atoms with Crippen molar-refractivity contribution < 1.29 is 4.79 Å². The minimum atomic E-state index is -0.111. The summed E-state index contributed by atoms with van der Waals surface area (Å²) in [5, 5.41) is 0. The van der Waals surface area contributed by atoms with Crippen LogP contribution in [-0.2, 0) is 17.8 Å². The molecule has 1 atom stereocenters. The normalized spacial score (nSPS) is 14.1. The van der Waals surface area contributed by atoms with Gasteiger partial charge in [-0.2, -0.15) is 0 Å². The van der Waals surface area contributed by atoms with E-state index in [1.54, 1.807) is 0 Å². The van der Waals surface area contributed by atoms with Gasteiger partial charge in [-0.25, -0.2) is 9.97 Å². The van der Waals surface area contributed by atoms with E-state index < -0.39 is 0 Å². The van der Waals surface area contributed by atoms with Gasteiger partial charge in [0, 0.05) is 37.7 Å². The van der Waals surface area contributed by atoms with Crippen LogP contribution in [-0.4, -0.2) is 40.9 Å². The van der Waals surface area contributed by atoms with Gasteiger partial charge in [0.2, 0.25) is 5.91 Å². The van der Waals surface area contributed by atoms with E-state index in [2.05, 4.69) is 37.9 Å². The van der Waals surface area contributed by atoms with Gasteiger partial charge in [-0.3, -0.25) is 4.79 Å². The van der Waals surface area contributed by atoms with Gasteiger partial charge in [0.1, 0.15) is 5.82 Å². The van der Waals surface area contributed by atoms with Crippen LogP contribution in [0.5, 0.6) is 0 Å². The number of benzene rings is 2. The molecule has 160 valence electrons. The Morgan fingerprint density at radius 1 is 1.03 bits per heavy atom. The summed E-state index contributed by atoms with van der Waals surface area (Å²) >= 11 is 0. The monoisotopic (exact) mass is 414 g/mol. The Balaban J connectivity index is 1.67. The van der Waals surface area contributed by atoms with E-state index in [9.17, 15) is 4.79 Å². The molecule has 2 heterocycles. The highest BCUT2D eigenvalue weighted by Crippen LogP contribution is 2.31. The Morgan fingerprint density at radius 2 is 1.71 bits per heavy atom. The zero-order chi connectivity index (χ0) is 21.8. The Morgan fingerprint density at radius 3 is 2.35 bits per heavy atom. The fourth-order valence-electron chi connectivity index (χ4n) is 4.23. The molecule has 1 aliphatic heterocycles. The lowest BCUT2D eigenvalue weighted by atomic mass is 9.93. The lowest BCUT2D eigenvalue weighted by Crippen LogP contribution is -2.40. The average Bonchev–Trinajstić information content (AvgIpc) is 2.84. The maximum Gasteiger partial charge on any atom is 0.230 e. The van der Waals surface area contributed by atoms with Gasteiger partial charge in [0.15, 0.2) is 5.82 Å². The number of hydrogen-bond donors (Lipinski definition) is 0. The highest BCUT2D eigenvalue weighted by atomic mass is 16.2. The molecule has 5 nitrogen and oxygen atoms in total. The van der Waals surface area contributed by atoms with Crippen molar-refractivity contribution in [3.8, 4) is 11.4 Å². The summed E-state index contributed by atoms with van der Waals surface area (Å²) in [4.78, 5) is 27.4. The summed E-state index contributed by atoms with van der Waals surface area (Å²) in [6.45, 7) is 6.29. The number of anilines is 1. The van der Waals surface area contributed by atoms with E-state index in [4.69, 9.17) is 9.97 Å². The number of hydrogen-bond acceptors (Lipinski definition) is 4. The maximum absolute atomic E-state index is 13.5. The molecule has 0 saturated carbocycles. The summed E-state index contributed by atoms with van der Waals surface area (Å²) in [5.74, 6) is 1.76. The molecule has 0 N–H and O–H groups in total. The fourth-order valence-corrected chi connectivity index (χ4v) is 4.23. The summed E-state index contributed by atoms with van der Waals surface area (Å²) in [6.07, 6.45) is 1.54. The van der Waals surface area contributed by atoms with Gasteiger partial charge in [-0.15, -0.1) is 0 Å². The number of rotatable bonds is 6. The lowest BCUT2D eigenvalue weighted by molar-refractivity contribution is -0.133. The van der Waals surface area contributed by atoms with E-state index in [0.717, 1.165) is 53.4 Å². The van der Waals surface area contributed by atoms with Crippen molar-refractivity contribution in [3.63, 3.8) is 0 Å². The molecular weight excluding hydrogens is 384 g/mol. The number of carbonyl (C=O) groups excluding carboxylic acids is 1. The van der Waals surface area contributed by atoms with E-state index in [-0.39, 0.29) is 11.8 Å². The molecule has 4 rings (SSSR count). The standard InChI is InChI=1S/C26H30N4O/c1-4-21(19-12-8-6-9-13-19)26(31)30-17-16-23-22(18-30)25(29(3)5-2)28-24(27-23)20-14-10-7-11-15-20/h6-15,21H,4-5,16-18H2,1-3H3/t21-/m0/s1. The molecule has 0 radical (unpaired) electrons. The van der Waals surface area contributed by atoms with Crippen molar-refractivity contribution in [1.29, 1.82) is 0 Å². The third kappa shape index (κ3) is 4.31. The van der Waals surface area contributed by atoms with E-state index in [1.807, 2.05) is 53.4 Å². The van der Waals surface area contributed by atoms with Crippen LogP contribution in [0.15, 0.2) is 60.7 Å². The summed E-state index contributed by atoms with van der Waals surface area (Å²) in [7, 11) is 2.05. The van der Waals surface area contributed by atoms with Crippen LogP contribution in [0.1, 0.15) is 43.0 Å². The third-order valence-electron chi connectivity index (χ3n) is 6.13. The van der Waals surface area contributed by atoms with Gasteiger partial charge in [0.25, 0.3) is 0 Å². The SMILES string of the molecule is CC[C@H](C(=O)N1CCc2nc(-c3ccccc3)nc(N(C)CC)c2C1)c1ccccc1. The number of amides is 1. The second-order valence-electron chi connectivity index (χ2n) is 8.06. The average molecular weight is 415 g/mol. The molecule has 0 saturated heterocycles. The van der Waals surface area contributed by atoms with Crippen molar-refractivity contribution in [2.45, 2.75) is 39.2 Å². The second-order valence-corrected chi connectivity index (χ2v) is 8.06. The summed E-state index contributed by atoms with van der Waals surface area (Å²) < 4.78 is 0. The fraction of sp³-hybridized carbons (Fsp3) is 0.346. The van der Waals surface area contributed by atoms with Crippen molar-refractivity contribution in [2.24, 2.45) is 0 Å². The van der Waals surface area contributed by atoms with Crippen molar-refractivity contribution >= 4 is 11.7 Å². The van der Waals surface area contributed by atoms with Gasteiger partial charge in [-0.1, -0.05) is 67.6 Å². The smallest absolute Gasteiger partial charge is 0.230 e. The molecule has 5 heteroatoms. The van der Waals surface area contributed by atoms with Crippen LogP contribution < -0.4 is 4.90 Å². The van der Waals surface area contributed by atoms with Gasteiger partial charge in [0.05, 0.1) is 18.2 Å². The molecule has 3 aromatic rings. The molecular formula is C26H30N4O. The summed E-state index contributed by atoms with van der Waals surface area (Å²) in [5.41, 5.74) is 4.24. The van der Waals surface area contributed by atoms with Gasteiger partial charge >= 0.3 is 0 Å². The Bertz CT molecular complexity index is 1040. The Hall–Kier alpha value is -3.21. The van der Waals surface area contributed by atoms with Crippen LogP contribution >= 0.6 is 0 Å². The first-order chi connectivity index (χ1) is 15.1. The van der Waals surface area contributed by atoms with Crippen LogP contribution in [0.2, 0.25) is 0 Å². The predicted molar refractivity (Wildman–Crippen MR) is 125 cm³/mol. The first-order valence-corrected chi connectivity index (χ1v) is 11.1. The lowest BCUT2D eigenvalue weighted by Gasteiger charge is -2.33. The molecule has 2 aromatic carbocycles. The highest BCUT2D eigenvalue weighted by molar-refractivity contribution is 5.84. The molecule has 0 unspecified atom stereocenters. The van der Waals surface area contributed by atoms with Crippen LogP contribution in [0, 0.1) is 0 Å². The van der Waals surface area contributed by atoms with Crippen LogP contribution in [0.4, 0.5) is 5.82 Å². The largest absolute Gasteiger partial charge is 0.360 e. The molecule has 1 amide bonds. The zero-order valence-corrected chi connectivity index (χ0v) is 18.6. The second kappa shape index (κ2) is 9.29. The van der Waals surface area contributed by atoms with Crippen molar-refractivity contribution in [1.82, 2.24) is 14.9 Å². The molecule has 0 fully saturated rings. The van der Waals surface area contributed by atoms with E-state index in [1.165, 1.54) is 0 Å². The zero-order valence-electron chi connectivity index (χ0n) is 18.6. The summed E-state index contributed by atoms with van der Waals surface area (Å²) in [6, 6.07) is 20.2. The first-order valence-electron chi connectivity index (χ1n) is 11.1. The molecule has 0 bridgehead atoms. The minimum absolute atomic E-state index is 0.111. The number of aromatic nitrogens is 2. The number of carbonyl (C=O) groups is 1. The Kier molecular flexibility index (Phi) is 6.31. The van der Waals surface area contributed by atoms with Gasteiger partial charge in [-0.05, 0) is 18.9 Å². The molecule has 0 aliphatic carbocycles. The number of fused-ring (bicyclic) bond motifs is 1. The molecule has 1 aliphatic rings. The van der Waals surface area contributed by atoms with Crippen molar-refractivity contribution in [2.75, 3.05) is 25.0 Å². The van der Waals surface area contributed by atoms with Crippen LogP contribution in [0.25, 0.3) is 11.4 Å². The van der Waals surface area contributed by atoms with Crippen LogP contribution in [0.3, 0.4) is 0 Å². The third-order valence-corrected chi connectivity index (χ3v) is 6.13. The number of nitrogens with zero attached hydrogens (tertiary/aromatic N) is 4. The highest BCUT2D eigenvalue weighted by Gasteiger charge is 2.30. The minimum Gasteiger partial charge on any atom is -0.360 e. The predicted octanol–water partition coefficient (Wildman–Crippen LogP) is 4.68. The molecule has 0 spiro atoms. The van der Waals surface area contributed by atoms with E-state index in [0.29, 0.717) is 13.1 Å². The van der Waals surface area contributed by atoms with E-state index >= 15 is 0 Å². The maximum atomic E-state index is 13.5. The quantitative estimate of drug-likeness (QED) is 0.588.